The van der Waals surface area contributed by atoms with Crippen LogP contribution in [0, 0.1) is 11.7 Å². The number of hydrogen-bond donors (Lipinski definition) is 5. The number of carbonyl (C=O) groups is 1. The van der Waals surface area contributed by atoms with Gasteiger partial charge in [0.15, 0.2) is 0 Å². The first-order chi connectivity index (χ1) is 15.8. The number of rotatable bonds is 7. The fraction of sp³-hybridized carbons (Fsp3) is 0.458. The van der Waals surface area contributed by atoms with Crippen LogP contribution in [0.4, 0.5) is 10.1 Å². The summed E-state index contributed by atoms with van der Waals surface area (Å²) in [5.74, 6) is -1.28. The lowest BCUT2D eigenvalue weighted by atomic mass is 9.75. The van der Waals surface area contributed by atoms with Crippen molar-refractivity contribution in [1.82, 2.24) is 0 Å². The lowest BCUT2D eigenvalue weighted by molar-refractivity contribution is -0.239. The number of hydrogen-bond acceptors (Lipinski definition) is 7. The fourth-order valence-corrected chi connectivity index (χ4v) is 4.73. The Morgan fingerprint density at radius 3 is 2.27 bits per heavy atom. The van der Waals surface area contributed by atoms with Crippen LogP contribution < -0.4 is 4.90 Å². The number of halogens is 1. The predicted octanol–water partition coefficient (Wildman–Crippen LogP) is 0.513. The Balaban J connectivity index is 1.56. The molecule has 4 rings (SSSR count). The standard InChI is InChI=1S/C24H28FNO7/c25-14-8-6-13(7-9-14)17(28)11-10-16-19(26(24(16)32)15-4-2-1-3-5-15)23-22(31)21(30)20(29)18(12-27)33-23/h1-9,16-23,27-31H,10-12H2/t16-,17+,18-,19-,20-,21+,22-,23+/m1/s1. The molecule has 8 nitrogen and oxygen atoms in total. The van der Waals surface area contributed by atoms with Crippen LogP contribution >= 0.6 is 0 Å². The minimum absolute atomic E-state index is 0.207. The van der Waals surface area contributed by atoms with Gasteiger partial charge in [0.05, 0.1) is 24.7 Å². The molecular weight excluding hydrogens is 433 g/mol. The molecule has 33 heavy (non-hydrogen) atoms. The first-order valence-corrected chi connectivity index (χ1v) is 11.0. The van der Waals surface area contributed by atoms with Crippen molar-refractivity contribution in [3.63, 3.8) is 0 Å². The number of amides is 1. The molecule has 0 aliphatic carbocycles. The summed E-state index contributed by atoms with van der Waals surface area (Å²) in [4.78, 5) is 14.6. The quantitative estimate of drug-likeness (QED) is 0.380. The molecule has 9 heteroatoms. The van der Waals surface area contributed by atoms with E-state index in [0.717, 1.165) is 0 Å². The molecule has 0 radical (unpaired) electrons. The van der Waals surface area contributed by atoms with Gasteiger partial charge in [-0.1, -0.05) is 30.3 Å². The molecule has 2 aliphatic heterocycles. The zero-order valence-electron chi connectivity index (χ0n) is 17.8. The highest BCUT2D eigenvalue weighted by atomic mass is 19.1. The van der Waals surface area contributed by atoms with Crippen LogP contribution in [0.5, 0.6) is 0 Å². The number of nitrogens with zero attached hydrogens (tertiary/aromatic N) is 1. The molecule has 2 saturated heterocycles. The zero-order chi connectivity index (χ0) is 23.7. The van der Waals surface area contributed by atoms with Gasteiger partial charge in [-0.05, 0) is 42.7 Å². The second-order valence-electron chi connectivity index (χ2n) is 8.58. The topological polar surface area (TPSA) is 131 Å². The third kappa shape index (κ3) is 4.52. The van der Waals surface area contributed by atoms with Gasteiger partial charge < -0.3 is 35.2 Å². The summed E-state index contributed by atoms with van der Waals surface area (Å²) in [6.07, 6.45) is -7.16. The van der Waals surface area contributed by atoms with Crippen molar-refractivity contribution in [1.29, 1.82) is 0 Å². The smallest absolute Gasteiger partial charge is 0.232 e. The number of anilines is 1. The summed E-state index contributed by atoms with van der Waals surface area (Å²) in [7, 11) is 0. The van der Waals surface area contributed by atoms with Crippen LogP contribution in [-0.4, -0.2) is 74.6 Å². The molecular formula is C24H28FNO7. The van der Waals surface area contributed by atoms with E-state index in [0.29, 0.717) is 11.3 Å². The Labute approximate surface area is 190 Å². The van der Waals surface area contributed by atoms with Gasteiger partial charge in [0, 0.05) is 5.69 Å². The summed E-state index contributed by atoms with van der Waals surface area (Å²) in [6.45, 7) is -0.568. The summed E-state index contributed by atoms with van der Waals surface area (Å²) in [5, 5.41) is 51.2. The number of aliphatic hydroxyl groups excluding tert-OH is 5. The molecule has 5 N–H and O–H groups in total. The van der Waals surface area contributed by atoms with E-state index in [4.69, 9.17) is 4.74 Å². The lowest BCUT2D eigenvalue weighted by Crippen LogP contribution is -2.73. The van der Waals surface area contributed by atoms with Crippen LogP contribution in [0.2, 0.25) is 0 Å². The van der Waals surface area contributed by atoms with Crippen molar-refractivity contribution in [3.05, 3.63) is 66.0 Å². The molecule has 2 aromatic rings. The van der Waals surface area contributed by atoms with E-state index in [-0.39, 0.29) is 18.7 Å². The monoisotopic (exact) mass is 461 g/mol. The molecule has 2 aromatic carbocycles. The van der Waals surface area contributed by atoms with Crippen molar-refractivity contribution in [2.45, 2.75) is 55.5 Å². The average Bonchev–Trinajstić information content (AvgIpc) is 2.82. The number of para-hydroxylation sites is 1. The molecule has 0 saturated carbocycles. The fourth-order valence-electron chi connectivity index (χ4n) is 4.73. The van der Waals surface area contributed by atoms with E-state index < -0.39 is 61.0 Å². The van der Waals surface area contributed by atoms with Crippen LogP contribution in [0.25, 0.3) is 0 Å². The molecule has 8 atom stereocenters. The third-order valence-corrected chi connectivity index (χ3v) is 6.57. The van der Waals surface area contributed by atoms with Crippen LogP contribution in [0.1, 0.15) is 24.5 Å². The largest absolute Gasteiger partial charge is 0.394 e. The number of aliphatic hydroxyl groups is 5. The second-order valence-corrected chi connectivity index (χ2v) is 8.58. The summed E-state index contributed by atoms with van der Waals surface area (Å²) in [6, 6.07) is 13.6. The molecule has 0 unspecified atom stereocenters. The Kier molecular flexibility index (Phi) is 7.08. The Morgan fingerprint density at radius 1 is 0.970 bits per heavy atom. The van der Waals surface area contributed by atoms with Crippen molar-refractivity contribution in [3.8, 4) is 0 Å². The van der Waals surface area contributed by atoms with Crippen LogP contribution in [0.3, 0.4) is 0 Å². The Bertz CT molecular complexity index is 942. The Hall–Kier alpha value is -2.40. The van der Waals surface area contributed by atoms with E-state index in [1.165, 1.54) is 29.2 Å². The van der Waals surface area contributed by atoms with Crippen molar-refractivity contribution >= 4 is 11.6 Å². The molecule has 1 amide bonds. The van der Waals surface area contributed by atoms with Gasteiger partial charge in [0.2, 0.25) is 5.91 Å². The lowest BCUT2D eigenvalue weighted by Gasteiger charge is -2.54. The van der Waals surface area contributed by atoms with Gasteiger partial charge in [-0.25, -0.2) is 4.39 Å². The number of benzene rings is 2. The predicted molar refractivity (Wildman–Crippen MR) is 116 cm³/mol. The molecule has 178 valence electrons. The summed E-state index contributed by atoms with van der Waals surface area (Å²) >= 11 is 0. The average molecular weight is 461 g/mol. The number of β-lactam (4-membered cyclic amide) rings is 1. The highest BCUT2D eigenvalue weighted by Crippen LogP contribution is 2.42. The summed E-state index contributed by atoms with van der Waals surface area (Å²) in [5.41, 5.74) is 1.10. The maximum absolute atomic E-state index is 13.2. The normalized spacial score (nSPS) is 33.0. The van der Waals surface area contributed by atoms with Crippen molar-refractivity contribution < 1.29 is 39.5 Å². The van der Waals surface area contributed by atoms with E-state index >= 15 is 0 Å². The summed E-state index contributed by atoms with van der Waals surface area (Å²) < 4.78 is 18.9. The van der Waals surface area contributed by atoms with Crippen molar-refractivity contribution in [2.24, 2.45) is 5.92 Å². The highest BCUT2D eigenvalue weighted by molar-refractivity contribution is 6.03. The van der Waals surface area contributed by atoms with Gasteiger partial charge in [-0.2, -0.15) is 0 Å². The molecule has 0 bridgehead atoms. The molecule has 2 fully saturated rings. The van der Waals surface area contributed by atoms with E-state index in [2.05, 4.69) is 0 Å². The minimum atomic E-state index is -1.56. The van der Waals surface area contributed by atoms with Crippen LogP contribution in [-0.2, 0) is 9.53 Å². The first-order valence-electron chi connectivity index (χ1n) is 11.0. The Morgan fingerprint density at radius 2 is 1.64 bits per heavy atom. The zero-order valence-corrected chi connectivity index (χ0v) is 17.8. The van der Waals surface area contributed by atoms with Gasteiger partial charge >= 0.3 is 0 Å². The molecule has 0 spiro atoms. The molecule has 2 heterocycles. The van der Waals surface area contributed by atoms with Gasteiger partial charge in [-0.3, -0.25) is 4.79 Å². The maximum Gasteiger partial charge on any atom is 0.232 e. The van der Waals surface area contributed by atoms with Gasteiger partial charge in [0.1, 0.15) is 36.3 Å². The molecule has 2 aliphatic rings. The van der Waals surface area contributed by atoms with E-state index in [1.54, 1.807) is 30.3 Å². The van der Waals surface area contributed by atoms with E-state index in [1.807, 2.05) is 0 Å². The van der Waals surface area contributed by atoms with Gasteiger partial charge in [0.25, 0.3) is 0 Å². The third-order valence-electron chi connectivity index (χ3n) is 6.57. The molecule has 0 aromatic heterocycles. The first kappa shape index (κ1) is 23.7. The minimum Gasteiger partial charge on any atom is -0.394 e. The van der Waals surface area contributed by atoms with E-state index in [9.17, 15) is 34.7 Å². The van der Waals surface area contributed by atoms with Gasteiger partial charge in [-0.15, -0.1) is 0 Å². The maximum atomic E-state index is 13.2. The number of carbonyl (C=O) groups excluding carboxylic acids is 1. The highest BCUT2D eigenvalue weighted by Gasteiger charge is 2.57. The second kappa shape index (κ2) is 9.84. The SMILES string of the molecule is O=C1[C@H](CC[C@H](O)c2ccc(F)cc2)[C@H]([C@@H]2O[C@H](CO)[C@@H](O)[C@H](O)[C@H]2O)N1c1ccccc1. The number of ether oxygens (including phenoxy) is 1. The van der Waals surface area contributed by atoms with Crippen LogP contribution in [0.15, 0.2) is 54.6 Å². The van der Waals surface area contributed by atoms with Crippen molar-refractivity contribution in [2.75, 3.05) is 11.5 Å².